The van der Waals surface area contributed by atoms with E-state index in [0.717, 1.165) is 11.1 Å². The number of amides is 1. The van der Waals surface area contributed by atoms with Crippen LogP contribution in [0.4, 0.5) is 5.69 Å². The fourth-order valence-electron chi connectivity index (χ4n) is 3.26. The summed E-state index contributed by atoms with van der Waals surface area (Å²) in [6, 6.07) is 16.9. The maximum Gasteiger partial charge on any atom is 0.305 e. The first-order valence-electron chi connectivity index (χ1n) is 10.2. The second kappa shape index (κ2) is 11.6. The van der Waals surface area contributed by atoms with E-state index in [1.807, 2.05) is 24.3 Å². The molecule has 0 fully saturated rings. The normalized spacial score (nSPS) is 10.5. The number of hydrogen-bond donors (Lipinski definition) is 2. The number of carbonyl (C=O) groups is 2. The van der Waals surface area contributed by atoms with Crippen LogP contribution < -0.4 is 10.1 Å². The van der Waals surface area contributed by atoms with Gasteiger partial charge in [0.1, 0.15) is 11.5 Å². The summed E-state index contributed by atoms with van der Waals surface area (Å²) < 4.78 is 10.7. The van der Waals surface area contributed by atoms with Gasteiger partial charge in [-0.05, 0) is 53.9 Å². The number of aromatic hydroxyl groups is 1. The molecular weight excluding hydrogens is 465 g/mol. The minimum absolute atomic E-state index is 0.0351. The SMILES string of the molecule is COC(=O)CCc1ccccc1CCOc1ccc(Cl)cc1NC(=O)c1cc(Cl)ccc1O. The van der Waals surface area contributed by atoms with Crippen LogP contribution in [0.15, 0.2) is 60.7 Å². The van der Waals surface area contributed by atoms with Crippen molar-refractivity contribution in [3.8, 4) is 11.5 Å². The Labute approximate surface area is 202 Å². The van der Waals surface area contributed by atoms with Crippen molar-refractivity contribution in [1.29, 1.82) is 0 Å². The van der Waals surface area contributed by atoms with E-state index in [9.17, 15) is 14.7 Å². The zero-order valence-electron chi connectivity index (χ0n) is 17.9. The number of halogens is 2. The molecule has 0 atom stereocenters. The first kappa shape index (κ1) is 24.4. The minimum Gasteiger partial charge on any atom is -0.507 e. The molecule has 3 rings (SSSR count). The molecule has 0 radical (unpaired) electrons. The van der Waals surface area contributed by atoms with Gasteiger partial charge in [-0.3, -0.25) is 9.59 Å². The summed E-state index contributed by atoms with van der Waals surface area (Å²) in [5.74, 6) is -0.560. The van der Waals surface area contributed by atoms with Gasteiger partial charge >= 0.3 is 5.97 Å². The molecule has 0 bridgehead atoms. The number of phenolic OH excluding ortho intramolecular Hbond substituents is 1. The van der Waals surface area contributed by atoms with Gasteiger partial charge in [0.05, 0.1) is 25.0 Å². The highest BCUT2D eigenvalue weighted by atomic mass is 35.5. The van der Waals surface area contributed by atoms with Gasteiger partial charge in [-0.2, -0.15) is 0 Å². The van der Waals surface area contributed by atoms with Crippen LogP contribution in [0.1, 0.15) is 27.9 Å². The van der Waals surface area contributed by atoms with Crippen LogP contribution in [0.25, 0.3) is 0 Å². The monoisotopic (exact) mass is 487 g/mol. The molecule has 6 nitrogen and oxygen atoms in total. The molecule has 8 heteroatoms. The Morgan fingerprint density at radius 2 is 1.61 bits per heavy atom. The second-order valence-electron chi connectivity index (χ2n) is 7.20. The molecule has 0 heterocycles. The van der Waals surface area contributed by atoms with Crippen LogP contribution in [0.2, 0.25) is 10.0 Å². The van der Waals surface area contributed by atoms with Crippen LogP contribution in [0.5, 0.6) is 11.5 Å². The summed E-state index contributed by atoms with van der Waals surface area (Å²) in [5.41, 5.74) is 2.51. The molecule has 2 N–H and O–H groups in total. The van der Waals surface area contributed by atoms with E-state index in [1.54, 1.807) is 18.2 Å². The predicted molar refractivity (Wildman–Crippen MR) is 129 cm³/mol. The van der Waals surface area contributed by atoms with E-state index in [0.29, 0.717) is 47.4 Å². The summed E-state index contributed by atoms with van der Waals surface area (Å²) in [7, 11) is 1.37. The molecule has 3 aromatic rings. The van der Waals surface area contributed by atoms with Crippen molar-refractivity contribution in [1.82, 2.24) is 0 Å². The summed E-state index contributed by atoms with van der Waals surface area (Å²) in [5, 5.41) is 13.4. The van der Waals surface area contributed by atoms with E-state index in [1.165, 1.54) is 25.3 Å². The highest BCUT2D eigenvalue weighted by Crippen LogP contribution is 2.30. The number of anilines is 1. The number of methoxy groups -OCH3 is 1. The number of rotatable bonds is 9. The Hall–Kier alpha value is -3.22. The van der Waals surface area contributed by atoms with Crippen molar-refractivity contribution in [2.45, 2.75) is 19.3 Å². The molecule has 0 unspecified atom stereocenters. The predicted octanol–water partition coefficient (Wildman–Crippen LogP) is 5.68. The quantitative estimate of drug-likeness (QED) is 0.379. The van der Waals surface area contributed by atoms with Gasteiger partial charge in [-0.15, -0.1) is 0 Å². The molecule has 33 heavy (non-hydrogen) atoms. The van der Waals surface area contributed by atoms with Crippen LogP contribution in [0.3, 0.4) is 0 Å². The third-order valence-corrected chi connectivity index (χ3v) is 5.44. The molecule has 172 valence electrons. The maximum absolute atomic E-state index is 12.7. The van der Waals surface area contributed by atoms with E-state index >= 15 is 0 Å². The molecule has 0 aliphatic heterocycles. The molecule has 0 aromatic heterocycles. The van der Waals surface area contributed by atoms with Crippen LogP contribution in [-0.2, 0) is 22.4 Å². The number of nitrogens with one attached hydrogen (secondary N) is 1. The Morgan fingerprint density at radius 3 is 2.33 bits per heavy atom. The topological polar surface area (TPSA) is 84.9 Å². The lowest BCUT2D eigenvalue weighted by Gasteiger charge is -2.15. The van der Waals surface area contributed by atoms with Gasteiger partial charge in [-0.25, -0.2) is 0 Å². The third-order valence-electron chi connectivity index (χ3n) is 4.97. The van der Waals surface area contributed by atoms with Crippen molar-refractivity contribution in [2.24, 2.45) is 0 Å². The Balaban J connectivity index is 1.69. The first-order valence-corrected chi connectivity index (χ1v) is 11.0. The Kier molecular flexibility index (Phi) is 8.58. The number of ether oxygens (including phenoxy) is 2. The van der Waals surface area contributed by atoms with E-state index in [2.05, 4.69) is 5.32 Å². The lowest BCUT2D eigenvalue weighted by molar-refractivity contribution is -0.140. The molecule has 0 saturated carbocycles. The number of hydrogen-bond acceptors (Lipinski definition) is 5. The summed E-state index contributed by atoms with van der Waals surface area (Å²) in [6.07, 6.45) is 1.48. The lowest BCUT2D eigenvalue weighted by Crippen LogP contribution is -2.14. The van der Waals surface area contributed by atoms with Gasteiger partial charge in [0, 0.05) is 22.9 Å². The molecule has 1 amide bonds. The van der Waals surface area contributed by atoms with Crippen molar-refractivity contribution in [3.05, 3.63) is 87.4 Å². The van der Waals surface area contributed by atoms with Gasteiger partial charge < -0.3 is 19.9 Å². The number of phenols is 1. The van der Waals surface area contributed by atoms with Crippen molar-refractivity contribution in [3.63, 3.8) is 0 Å². The lowest BCUT2D eigenvalue weighted by atomic mass is 10.0. The average molecular weight is 488 g/mol. The first-order chi connectivity index (χ1) is 15.9. The average Bonchev–Trinajstić information content (AvgIpc) is 2.81. The molecule has 0 aliphatic carbocycles. The van der Waals surface area contributed by atoms with Crippen LogP contribution in [0, 0.1) is 0 Å². The van der Waals surface area contributed by atoms with Crippen LogP contribution in [-0.4, -0.2) is 30.7 Å². The minimum atomic E-state index is -0.546. The summed E-state index contributed by atoms with van der Waals surface area (Å²) in [6.45, 7) is 0.335. The van der Waals surface area contributed by atoms with Gasteiger partial charge in [0.2, 0.25) is 0 Å². The molecule has 0 spiro atoms. The standard InChI is InChI=1S/C25H23Cl2NO5/c1-32-24(30)11-6-16-4-2-3-5-17(16)12-13-33-23-10-8-19(27)15-21(23)28-25(31)20-14-18(26)7-9-22(20)29/h2-5,7-10,14-15,29H,6,11-13H2,1H3,(H,28,31). The molecule has 3 aromatic carbocycles. The Morgan fingerprint density at radius 1 is 0.939 bits per heavy atom. The smallest absolute Gasteiger partial charge is 0.305 e. The van der Waals surface area contributed by atoms with Gasteiger partial charge in [-0.1, -0.05) is 47.5 Å². The van der Waals surface area contributed by atoms with Crippen molar-refractivity contribution < 1.29 is 24.2 Å². The third kappa shape index (κ3) is 6.88. The number of aryl methyl sites for hydroxylation is 1. The maximum atomic E-state index is 12.7. The molecule has 0 saturated heterocycles. The largest absolute Gasteiger partial charge is 0.507 e. The van der Waals surface area contributed by atoms with Crippen molar-refractivity contribution >= 4 is 40.8 Å². The second-order valence-corrected chi connectivity index (χ2v) is 8.07. The fourth-order valence-corrected chi connectivity index (χ4v) is 3.60. The summed E-state index contributed by atoms with van der Waals surface area (Å²) in [4.78, 5) is 24.2. The van der Waals surface area contributed by atoms with Gasteiger partial charge in [0.15, 0.2) is 0 Å². The zero-order valence-corrected chi connectivity index (χ0v) is 19.4. The zero-order chi connectivity index (χ0) is 23.8. The van der Waals surface area contributed by atoms with E-state index in [-0.39, 0.29) is 17.3 Å². The molecular formula is C25H23Cl2NO5. The number of carbonyl (C=O) groups excluding carboxylic acids is 2. The number of esters is 1. The van der Waals surface area contributed by atoms with E-state index < -0.39 is 5.91 Å². The highest BCUT2D eigenvalue weighted by Gasteiger charge is 2.15. The Bertz CT molecular complexity index is 1150. The fraction of sp³-hybridized carbons (Fsp3) is 0.200. The van der Waals surface area contributed by atoms with Crippen LogP contribution >= 0.6 is 23.2 Å². The van der Waals surface area contributed by atoms with Gasteiger partial charge in [0.25, 0.3) is 5.91 Å². The highest BCUT2D eigenvalue weighted by molar-refractivity contribution is 6.31. The molecule has 0 aliphatic rings. The summed E-state index contributed by atoms with van der Waals surface area (Å²) >= 11 is 12.1. The van der Waals surface area contributed by atoms with Crippen molar-refractivity contribution in [2.75, 3.05) is 19.0 Å². The van der Waals surface area contributed by atoms with E-state index in [4.69, 9.17) is 32.7 Å². The number of benzene rings is 3.